The molecule has 40 heavy (non-hydrogen) atoms. The van der Waals surface area contributed by atoms with E-state index in [1.807, 2.05) is 23.3 Å². The number of methoxy groups -OCH3 is 2. The smallest absolute Gasteiger partial charge is 0.328 e. The number of hydrogen-bond donors (Lipinski definition) is 4. The number of sulfonamides is 2. The second-order valence-electron chi connectivity index (χ2n) is 8.97. The van der Waals surface area contributed by atoms with E-state index in [0.29, 0.717) is 38.9 Å². The molecule has 0 atom stereocenters. The number of carbonyl (C=O) groups excluding carboxylic acids is 2. The highest BCUT2D eigenvalue weighted by atomic mass is 32.3. The average Bonchev–Trinajstić information content (AvgIpc) is 3.45. The van der Waals surface area contributed by atoms with Crippen molar-refractivity contribution in [2.75, 3.05) is 40.5 Å². The maximum Gasteiger partial charge on any atom is 0.328 e. The molecule has 226 valence electrons. The van der Waals surface area contributed by atoms with Crippen LogP contribution >= 0.6 is 22.7 Å². The summed E-state index contributed by atoms with van der Waals surface area (Å²) >= 11 is 2.23. The highest BCUT2D eigenvalue weighted by molar-refractivity contribution is 7.92. The Balaban J connectivity index is 1.62. The molecular formula is C24H38N4O8S4. The molecule has 0 bridgehead atoms. The van der Waals surface area contributed by atoms with Gasteiger partial charge in [-0.05, 0) is 49.9 Å². The topological polar surface area (TPSA) is 169 Å². The molecule has 4 amide bonds. The first-order valence-corrected chi connectivity index (χ1v) is 17.3. The van der Waals surface area contributed by atoms with Crippen molar-refractivity contribution in [2.24, 2.45) is 0 Å². The summed E-state index contributed by atoms with van der Waals surface area (Å²) in [5, 5.41) is 5.07. The van der Waals surface area contributed by atoms with Crippen molar-refractivity contribution < 1.29 is 35.9 Å². The molecule has 2 rings (SSSR count). The van der Waals surface area contributed by atoms with Gasteiger partial charge >= 0.3 is 12.1 Å². The van der Waals surface area contributed by atoms with Gasteiger partial charge in [-0.15, -0.1) is 22.7 Å². The first-order valence-electron chi connectivity index (χ1n) is 12.7. The Morgan fingerprint density at radius 1 is 0.700 bits per heavy atom. The van der Waals surface area contributed by atoms with Crippen LogP contribution in [0, 0.1) is 13.8 Å². The van der Waals surface area contributed by atoms with E-state index in [4.69, 9.17) is 9.47 Å². The predicted molar refractivity (Wildman–Crippen MR) is 155 cm³/mol. The molecule has 16 heteroatoms. The number of hydrogen-bond acceptors (Lipinski definition) is 10. The average molecular weight is 639 g/mol. The summed E-state index contributed by atoms with van der Waals surface area (Å²) in [7, 11) is -4.78. The van der Waals surface area contributed by atoms with E-state index in [1.165, 1.54) is 0 Å². The van der Waals surface area contributed by atoms with Gasteiger partial charge in [0.25, 0.3) is 20.0 Å². The fourth-order valence-corrected chi connectivity index (χ4v) is 8.55. The van der Waals surface area contributed by atoms with Crippen LogP contribution in [0.1, 0.15) is 46.6 Å². The lowest BCUT2D eigenvalue weighted by Gasteiger charge is -2.08. The van der Waals surface area contributed by atoms with Crippen molar-refractivity contribution >= 4 is 54.8 Å². The summed E-state index contributed by atoms with van der Waals surface area (Å²) in [6, 6.07) is 1.49. The van der Waals surface area contributed by atoms with Gasteiger partial charge in [-0.2, -0.15) is 0 Å². The van der Waals surface area contributed by atoms with E-state index < -0.39 is 32.1 Å². The second kappa shape index (κ2) is 16.3. The molecular weight excluding hydrogens is 601 g/mol. The fourth-order valence-electron chi connectivity index (χ4n) is 3.55. The second-order valence-corrected chi connectivity index (χ2v) is 15.1. The molecule has 2 aromatic heterocycles. The molecule has 4 N–H and O–H groups in total. The number of carbonyl (C=O) groups is 2. The number of nitrogens with one attached hydrogen (secondary N) is 4. The maximum atomic E-state index is 12.5. The molecule has 0 aliphatic carbocycles. The van der Waals surface area contributed by atoms with Crippen molar-refractivity contribution in [2.45, 2.75) is 60.8 Å². The molecule has 0 aliphatic heterocycles. The molecule has 0 spiro atoms. The molecule has 0 saturated heterocycles. The Morgan fingerprint density at radius 2 is 1.07 bits per heavy atom. The lowest BCUT2D eigenvalue weighted by molar-refractivity contribution is 0.203. The Kier molecular flexibility index (Phi) is 13.8. The van der Waals surface area contributed by atoms with E-state index in [9.17, 15) is 26.4 Å². The zero-order chi connectivity index (χ0) is 29.8. The number of ether oxygens (including phenoxy) is 2. The third kappa shape index (κ3) is 11.0. The maximum absolute atomic E-state index is 12.5. The molecule has 2 aromatic rings. The molecule has 0 saturated carbocycles. The Labute approximate surface area is 244 Å². The van der Waals surface area contributed by atoms with Crippen LogP contribution in [-0.4, -0.2) is 69.4 Å². The number of thiophene rings is 2. The molecule has 0 aliphatic rings. The van der Waals surface area contributed by atoms with E-state index in [-0.39, 0.29) is 21.5 Å². The van der Waals surface area contributed by atoms with E-state index >= 15 is 0 Å². The zero-order valence-corrected chi connectivity index (χ0v) is 26.4. The van der Waals surface area contributed by atoms with Gasteiger partial charge in [0.1, 0.15) is 8.42 Å². The molecule has 0 fully saturated rings. The molecule has 2 heterocycles. The van der Waals surface area contributed by atoms with Gasteiger partial charge in [0.15, 0.2) is 0 Å². The van der Waals surface area contributed by atoms with E-state index in [2.05, 4.69) is 10.6 Å². The number of aryl methyl sites for hydroxylation is 2. The minimum Gasteiger partial charge on any atom is -0.384 e. The van der Waals surface area contributed by atoms with Crippen LogP contribution < -0.4 is 20.1 Å². The lowest BCUT2D eigenvalue weighted by atomic mass is 10.2. The SMILES string of the molecule is COCCc1sc(S(=O)(=O)NC(=O)NCCCCCCNC(=O)NS(=O)(=O)c2cc(C)c(CCOC)s2)cc1C. The number of unbranched alkanes of at least 4 members (excludes halogenated alkanes) is 3. The van der Waals surface area contributed by atoms with Gasteiger partial charge in [0.2, 0.25) is 0 Å². The molecule has 0 radical (unpaired) electrons. The molecule has 0 unspecified atom stereocenters. The van der Waals surface area contributed by atoms with Gasteiger partial charge in [0, 0.05) is 49.9 Å². The van der Waals surface area contributed by atoms with Crippen molar-refractivity contribution in [1.82, 2.24) is 20.1 Å². The Bertz CT molecular complexity index is 1230. The number of urea groups is 2. The summed E-state index contributed by atoms with van der Waals surface area (Å²) in [5.41, 5.74) is 1.67. The lowest BCUT2D eigenvalue weighted by Crippen LogP contribution is -2.39. The van der Waals surface area contributed by atoms with Crippen molar-refractivity contribution in [3.8, 4) is 0 Å². The Hall–Kier alpha value is -2.24. The third-order valence-electron chi connectivity index (χ3n) is 5.72. The highest BCUT2D eigenvalue weighted by Gasteiger charge is 2.22. The summed E-state index contributed by atoms with van der Waals surface area (Å²) in [5.74, 6) is 0. The standard InChI is InChI=1S/C24H38N4O8S4/c1-17-15-21(37-19(17)9-13-35-3)39(31,32)27-23(29)25-11-7-5-6-8-12-26-24(30)28-40(33,34)22-16-18(2)20(38-22)10-14-36-4/h15-16H,5-14H2,1-4H3,(H2,25,27,29)(H2,26,28,30). The zero-order valence-electron chi connectivity index (χ0n) is 23.1. The van der Waals surface area contributed by atoms with E-state index in [0.717, 1.165) is 56.4 Å². The summed E-state index contributed by atoms with van der Waals surface area (Å²) in [6.07, 6.45) is 3.85. The van der Waals surface area contributed by atoms with Gasteiger partial charge in [-0.3, -0.25) is 0 Å². The molecule has 12 nitrogen and oxygen atoms in total. The summed E-state index contributed by atoms with van der Waals surface area (Å²) in [6.45, 7) is 5.15. The fraction of sp³-hybridized carbons (Fsp3) is 0.583. The third-order valence-corrected chi connectivity index (χ3v) is 11.9. The van der Waals surface area contributed by atoms with Crippen LogP contribution in [0.3, 0.4) is 0 Å². The Morgan fingerprint density at radius 3 is 1.43 bits per heavy atom. The van der Waals surface area contributed by atoms with Crippen LogP contribution in [-0.2, 0) is 42.4 Å². The van der Waals surface area contributed by atoms with Crippen molar-refractivity contribution in [1.29, 1.82) is 0 Å². The number of amides is 4. The van der Waals surface area contributed by atoms with Crippen LogP contribution in [0.15, 0.2) is 20.6 Å². The summed E-state index contributed by atoms with van der Waals surface area (Å²) < 4.78 is 64.2. The van der Waals surface area contributed by atoms with Gasteiger partial charge in [-0.1, -0.05) is 12.8 Å². The van der Waals surface area contributed by atoms with Gasteiger partial charge < -0.3 is 20.1 Å². The van der Waals surface area contributed by atoms with Crippen molar-refractivity contribution in [3.63, 3.8) is 0 Å². The van der Waals surface area contributed by atoms with Crippen molar-refractivity contribution in [3.05, 3.63) is 33.0 Å². The highest BCUT2D eigenvalue weighted by Crippen LogP contribution is 2.27. The summed E-state index contributed by atoms with van der Waals surface area (Å²) in [4.78, 5) is 25.9. The number of rotatable bonds is 17. The quantitative estimate of drug-likeness (QED) is 0.192. The minimum atomic E-state index is -3.96. The van der Waals surface area contributed by atoms with Crippen LogP contribution in [0.5, 0.6) is 0 Å². The normalized spacial score (nSPS) is 11.8. The van der Waals surface area contributed by atoms with Gasteiger partial charge in [0.05, 0.1) is 13.2 Å². The monoisotopic (exact) mass is 638 g/mol. The van der Waals surface area contributed by atoms with E-state index in [1.54, 1.807) is 26.4 Å². The first-order chi connectivity index (χ1) is 18.9. The minimum absolute atomic E-state index is 0.0768. The van der Waals surface area contributed by atoms with Crippen LogP contribution in [0.4, 0.5) is 9.59 Å². The predicted octanol–water partition coefficient (Wildman–Crippen LogP) is 3.04. The van der Waals surface area contributed by atoms with Gasteiger partial charge in [-0.25, -0.2) is 35.9 Å². The van der Waals surface area contributed by atoms with Crippen LogP contribution in [0.25, 0.3) is 0 Å². The first kappa shape index (κ1) is 34.0. The molecule has 0 aromatic carbocycles. The largest absolute Gasteiger partial charge is 0.384 e. The van der Waals surface area contributed by atoms with Crippen LogP contribution in [0.2, 0.25) is 0 Å².